The Bertz CT molecular complexity index is 1030. The van der Waals surface area contributed by atoms with E-state index in [9.17, 15) is 18.0 Å². The second-order valence-corrected chi connectivity index (χ2v) is 14.4. The van der Waals surface area contributed by atoms with Crippen molar-refractivity contribution in [3.05, 3.63) is 69.8 Å². The highest BCUT2D eigenvalue weighted by Gasteiger charge is 2.38. The van der Waals surface area contributed by atoms with Crippen LogP contribution in [0.3, 0.4) is 0 Å². The molecule has 0 aliphatic heterocycles. The van der Waals surface area contributed by atoms with Crippen LogP contribution in [0, 0.1) is 0 Å². The standard InChI is InChI=1S/C32H45F3O/c1-28(2,3)22-13-20(14-23(17-22)29(4,5)6)26(19-32(33,34)35)27(36)21-15-24(30(7,8)9)18-25(16-21)31(10,11)12/h13-18,26H,19H2,1-12H3/t26-/m1/s1. The lowest BCUT2D eigenvalue weighted by molar-refractivity contribution is -0.136. The summed E-state index contributed by atoms with van der Waals surface area (Å²) >= 11 is 0. The molecule has 0 radical (unpaired) electrons. The van der Waals surface area contributed by atoms with E-state index in [1.807, 2.05) is 53.7 Å². The smallest absolute Gasteiger partial charge is 0.293 e. The fourth-order valence-electron chi connectivity index (χ4n) is 4.15. The summed E-state index contributed by atoms with van der Waals surface area (Å²) in [6, 6.07) is 11.3. The van der Waals surface area contributed by atoms with E-state index in [4.69, 9.17) is 0 Å². The Morgan fingerprint density at radius 2 is 0.889 bits per heavy atom. The quantitative estimate of drug-likeness (QED) is 0.380. The molecule has 4 heteroatoms. The van der Waals surface area contributed by atoms with E-state index in [-0.39, 0.29) is 21.7 Å². The Hall–Kier alpha value is -2.10. The molecule has 0 bridgehead atoms. The molecule has 0 saturated heterocycles. The minimum Gasteiger partial charge on any atom is -0.293 e. The van der Waals surface area contributed by atoms with Crippen LogP contribution in [-0.2, 0) is 21.7 Å². The molecule has 2 aromatic rings. The van der Waals surface area contributed by atoms with Crippen LogP contribution in [0.25, 0.3) is 0 Å². The molecule has 0 aliphatic carbocycles. The molecule has 0 aliphatic rings. The van der Waals surface area contributed by atoms with Gasteiger partial charge in [-0.3, -0.25) is 4.79 Å². The molecular weight excluding hydrogens is 457 g/mol. The third-order valence-corrected chi connectivity index (χ3v) is 6.79. The number of carbonyl (C=O) groups excluding carboxylic acids is 1. The second-order valence-electron chi connectivity index (χ2n) is 14.4. The van der Waals surface area contributed by atoms with Crippen LogP contribution in [-0.4, -0.2) is 12.0 Å². The van der Waals surface area contributed by atoms with Crippen molar-refractivity contribution in [1.29, 1.82) is 0 Å². The Morgan fingerprint density at radius 1 is 0.583 bits per heavy atom. The van der Waals surface area contributed by atoms with Gasteiger partial charge in [-0.1, -0.05) is 107 Å². The van der Waals surface area contributed by atoms with Gasteiger partial charge in [-0.25, -0.2) is 0 Å². The highest BCUT2D eigenvalue weighted by Crippen LogP contribution is 2.39. The van der Waals surface area contributed by atoms with Crippen molar-refractivity contribution < 1.29 is 18.0 Å². The maximum absolute atomic E-state index is 14.0. The largest absolute Gasteiger partial charge is 0.390 e. The van der Waals surface area contributed by atoms with Crippen molar-refractivity contribution in [3.63, 3.8) is 0 Å². The zero-order valence-corrected chi connectivity index (χ0v) is 24.3. The number of halogens is 3. The number of benzene rings is 2. The molecule has 200 valence electrons. The fourth-order valence-corrected chi connectivity index (χ4v) is 4.15. The molecule has 0 saturated carbocycles. The van der Waals surface area contributed by atoms with Crippen molar-refractivity contribution in [2.75, 3.05) is 0 Å². The average molecular weight is 503 g/mol. The summed E-state index contributed by atoms with van der Waals surface area (Å²) in [5.41, 5.74) is 3.51. The van der Waals surface area contributed by atoms with Gasteiger partial charge in [0.25, 0.3) is 0 Å². The third-order valence-electron chi connectivity index (χ3n) is 6.79. The van der Waals surface area contributed by atoms with Gasteiger partial charge >= 0.3 is 6.18 Å². The van der Waals surface area contributed by atoms with Gasteiger partial charge in [0, 0.05) is 5.56 Å². The van der Waals surface area contributed by atoms with Crippen LogP contribution in [0.1, 0.15) is 134 Å². The van der Waals surface area contributed by atoms with Gasteiger partial charge in [-0.05, 0) is 61.6 Å². The first kappa shape index (κ1) is 30.1. The fraction of sp³-hybridized carbons (Fsp3) is 0.594. The van der Waals surface area contributed by atoms with E-state index in [0.29, 0.717) is 11.1 Å². The molecule has 0 unspecified atom stereocenters. The van der Waals surface area contributed by atoms with Gasteiger partial charge in [0.05, 0.1) is 12.3 Å². The lowest BCUT2D eigenvalue weighted by Crippen LogP contribution is -2.25. The van der Waals surface area contributed by atoms with Crippen LogP contribution in [0.5, 0.6) is 0 Å². The summed E-state index contributed by atoms with van der Waals surface area (Å²) in [6.07, 6.45) is -5.66. The predicted molar refractivity (Wildman–Crippen MR) is 145 cm³/mol. The Labute approximate surface area is 216 Å². The van der Waals surface area contributed by atoms with Gasteiger partial charge in [-0.2, -0.15) is 13.2 Å². The Kier molecular flexibility index (Phi) is 8.08. The third kappa shape index (κ3) is 7.70. The number of hydrogen-bond acceptors (Lipinski definition) is 1. The zero-order chi connectivity index (χ0) is 28.1. The Balaban J connectivity index is 2.83. The van der Waals surface area contributed by atoms with Crippen LogP contribution in [0.2, 0.25) is 0 Å². The molecule has 2 rings (SSSR count). The zero-order valence-electron chi connectivity index (χ0n) is 24.3. The summed E-state index contributed by atoms with van der Waals surface area (Å²) in [5, 5.41) is 0. The number of rotatable bonds is 4. The van der Waals surface area contributed by atoms with Crippen molar-refractivity contribution in [2.45, 2.75) is 123 Å². The minimum atomic E-state index is -4.48. The highest BCUT2D eigenvalue weighted by molar-refractivity contribution is 6.01. The number of hydrogen-bond donors (Lipinski definition) is 0. The second kappa shape index (κ2) is 9.65. The predicted octanol–water partition coefficient (Wildman–Crippen LogP) is 9.80. The SMILES string of the molecule is CC(C)(C)c1cc(C(=O)[C@H](CC(F)(F)F)c2cc(C(C)(C)C)cc(C(C)(C)C)c2)cc(C(C)(C)C)c1. The highest BCUT2D eigenvalue weighted by atomic mass is 19.4. The molecule has 0 N–H and O–H groups in total. The molecule has 0 aromatic heterocycles. The topological polar surface area (TPSA) is 17.1 Å². The summed E-state index contributed by atoms with van der Waals surface area (Å²) < 4.78 is 41.8. The maximum atomic E-state index is 14.0. The van der Waals surface area contributed by atoms with Crippen molar-refractivity contribution in [2.24, 2.45) is 0 Å². The van der Waals surface area contributed by atoms with Crippen molar-refractivity contribution in [3.8, 4) is 0 Å². The monoisotopic (exact) mass is 502 g/mol. The lowest BCUT2D eigenvalue weighted by Gasteiger charge is -2.29. The summed E-state index contributed by atoms with van der Waals surface area (Å²) in [5.74, 6) is -1.79. The van der Waals surface area contributed by atoms with Gasteiger partial charge in [0.2, 0.25) is 0 Å². The van der Waals surface area contributed by atoms with Gasteiger partial charge in [0.1, 0.15) is 0 Å². The van der Waals surface area contributed by atoms with E-state index in [2.05, 4.69) is 53.7 Å². The first-order chi connectivity index (χ1) is 15.9. The first-order valence-corrected chi connectivity index (χ1v) is 12.8. The first-order valence-electron chi connectivity index (χ1n) is 12.8. The van der Waals surface area contributed by atoms with Crippen LogP contribution < -0.4 is 0 Å². The number of Topliss-reactive ketones (excluding diaryl/α,β-unsaturated/α-hetero) is 1. The normalized spacial score (nSPS) is 14.6. The average Bonchev–Trinajstić information content (AvgIpc) is 2.67. The van der Waals surface area contributed by atoms with Crippen molar-refractivity contribution >= 4 is 5.78 Å². The summed E-state index contributed by atoms with van der Waals surface area (Å²) in [6.45, 7) is 24.6. The number of alkyl halides is 3. The molecule has 0 spiro atoms. The van der Waals surface area contributed by atoms with E-state index in [1.54, 1.807) is 12.1 Å². The van der Waals surface area contributed by atoms with Gasteiger partial charge in [-0.15, -0.1) is 0 Å². The molecule has 2 aromatic carbocycles. The van der Waals surface area contributed by atoms with Crippen LogP contribution in [0.15, 0.2) is 36.4 Å². The maximum Gasteiger partial charge on any atom is 0.390 e. The van der Waals surface area contributed by atoms with Gasteiger partial charge in [0.15, 0.2) is 5.78 Å². The number of ketones is 1. The van der Waals surface area contributed by atoms with Gasteiger partial charge < -0.3 is 0 Å². The van der Waals surface area contributed by atoms with E-state index >= 15 is 0 Å². The van der Waals surface area contributed by atoms with Crippen LogP contribution in [0.4, 0.5) is 13.2 Å². The van der Waals surface area contributed by atoms with Crippen LogP contribution >= 0.6 is 0 Å². The molecule has 0 heterocycles. The summed E-state index contributed by atoms with van der Waals surface area (Å²) in [4.78, 5) is 14.0. The van der Waals surface area contributed by atoms with E-state index < -0.39 is 24.3 Å². The molecule has 0 fully saturated rings. The molecular formula is C32H45F3O. The van der Waals surface area contributed by atoms with E-state index in [0.717, 1.165) is 22.3 Å². The number of carbonyl (C=O) groups is 1. The molecule has 1 nitrogen and oxygen atoms in total. The molecule has 0 amide bonds. The molecule has 1 atom stereocenters. The molecule has 36 heavy (non-hydrogen) atoms. The van der Waals surface area contributed by atoms with Crippen molar-refractivity contribution in [1.82, 2.24) is 0 Å². The summed E-state index contributed by atoms with van der Waals surface area (Å²) in [7, 11) is 0. The Morgan fingerprint density at radius 3 is 1.17 bits per heavy atom. The van der Waals surface area contributed by atoms with E-state index in [1.165, 1.54) is 0 Å². The minimum absolute atomic E-state index is 0.249. The lowest BCUT2D eigenvalue weighted by atomic mass is 9.75.